The Hall–Kier alpha value is -0.750. The van der Waals surface area contributed by atoms with E-state index in [-0.39, 0.29) is 0 Å². The molecule has 92 valence electrons. The molecule has 0 unspecified atom stereocenters. The number of hydrogen-bond acceptors (Lipinski definition) is 4. The van der Waals surface area contributed by atoms with Gasteiger partial charge in [0.05, 0.1) is 13.2 Å². The van der Waals surface area contributed by atoms with Gasteiger partial charge in [-0.05, 0) is 47.8 Å². The van der Waals surface area contributed by atoms with E-state index in [1.54, 1.807) is 11.9 Å². The van der Waals surface area contributed by atoms with Crippen molar-refractivity contribution >= 4 is 34.6 Å². The third-order valence-electron chi connectivity index (χ3n) is 2.30. The van der Waals surface area contributed by atoms with Gasteiger partial charge in [-0.25, -0.2) is 4.31 Å². The van der Waals surface area contributed by atoms with Crippen molar-refractivity contribution in [1.82, 2.24) is 4.31 Å². The molecule has 4 nitrogen and oxygen atoms in total. The van der Waals surface area contributed by atoms with Gasteiger partial charge in [-0.2, -0.15) is 0 Å². The summed E-state index contributed by atoms with van der Waals surface area (Å²) in [4.78, 5) is 11.8. The third-order valence-corrected chi connectivity index (χ3v) is 3.50. The van der Waals surface area contributed by atoms with Gasteiger partial charge in [0.25, 0.3) is 0 Å². The van der Waals surface area contributed by atoms with E-state index in [1.165, 1.54) is 0 Å². The highest BCUT2D eigenvalue weighted by Crippen LogP contribution is 2.24. The molecule has 0 spiro atoms. The van der Waals surface area contributed by atoms with E-state index < -0.39 is 5.37 Å². The minimum atomic E-state index is -0.571. The van der Waals surface area contributed by atoms with Crippen molar-refractivity contribution in [1.29, 1.82) is 0 Å². The lowest BCUT2D eigenvalue weighted by molar-refractivity contribution is 0.0773. The molecule has 1 saturated heterocycles. The fourth-order valence-electron chi connectivity index (χ4n) is 1.50. The first-order valence-corrected chi connectivity index (χ1v) is 6.46. The molecule has 0 radical (unpaired) electrons. The number of nitrogens with one attached hydrogen (secondary N) is 1. The van der Waals surface area contributed by atoms with Crippen LogP contribution in [0.4, 0.5) is 10.5 Å². The maximum atomic E-state index is 10.6. The van der Waals surface area contributed by atoms with Gasteiger partial charge in [-0.1, -0.05) is 0 Å². The Kier molecular flexibility index (Phi) is 4.67. The highest BCUT2D eigenvalue weighted by atomic mass is 35.5. The lowest BCUT2D eigenvalue weighted by Gasteiger charge is -2.25. The van der Waals surface area contributed by atoms with Gasteiger partial charge in [0.2, 0.25) is 0 Å². The predicted octanol–water partition coefficient (Wildman–Crippen LogP) is 2.80. The van der Waals surface area contributed by atoms with Crippen molar-refractivity contribution in [2.75, 3.05) is 31.6 Å². The van der Waals surface area contributed by atoms with Gasteiger partial charge in [-0.3, -0.25) is 4.79 Å². The van der Waals surface area contributed by atoms with Crippen LogP contribution >= 0.6 is 23.5 Å². The van der Waals surface area contributed by atoms with Crippen LogP contribution in [0.2, 0.25) is 0 Å². The van der Waals surface area contributed by atoms with Crippen LogP contribution in [0, 0.1) is 0 Å². The van der Waals surface area contributed by atoms with Crippen molar-refractivity contribution in [2.24, 2.45) is 0 Å². The van der Waals surface area contributed by atoms with E-state index in [9.17, 15) is 4.79 Å². The van der Waals surface area contributed by atoms with Crippen molar-refractivity contribution in [3.8, 4) is 0 Å². The first-order chi connectivity index (χ1) is 8.24. The van der Waals surface area contributed by atoms with Crippen LogP contribution < -0.4 is 5.32 Å². The molecule has 1 N–H and O–H groups in total. The third kappa shape index (κ3) is 4.20. The van der Waals surface area contributed by atoms with E-state index in [1.807, 2.05) is 24.3 Å². The predicted molar refractivity (Wildman–Crippen MR) is 69.6 cm³/mol. The largest absolute Gasteiger partial charge is 0.379 e. The molecule has 1 aromatic rings. The van der Waals surface area contributed by atoms with Crippen LogP contribution in [-0.4, -0.2) is 36.0 Å². The molecule has 1 amide bonds. The second kappa shape index (κ2) is 6.26. The fourth-order valence-corrected chi connectivity index (χ4v) is 2.50. The first-order valence-electron chi connectivity index (χ1n) is 5.31. The molecule has 1 aromatic carbocycles. The molecule has 1 aliphatic heterocycles. The summed E-state index contributed by atoms with van der Waals surface area (Å²) in [5, 5.41) is 1.95. The van der Waals surface area contributed by atoms with Crippen LogP contribution in [0.15, 0.2) is 29.2 Å². The average Bonchev–Trinajstić information content (AvgIpc) is 2.32. The van der Waals surface area contributed by atoms with Crippen LogP contribution in [-0.2, 0) is 4.74 Å². The molecule has 1 aliphatic rings. The van der Waals surface area contributed by atoms with Crippen molar-refractivity contribution in [3.05, 3.63) is 24.3 Å². The van der Waals surface area contributed by atoms with E-state index in [0.717, 1.165) is 31.2 Å². The molecule has 1 heterocycles. The van der Waals surface area contributed by atoms with Gasteiger partial charge < -0.3 is 10.1 Å². The van der Waals surface area contributed by atoms with Gasteiger partial charge in [0.1, 0.15) is 0 Å². The molecular formula is C11H13ClN2O2S. The number of amides is 1. The van der Waals surface area contributed by atoms with Crippen molar-refractivity contribution < 1.29 is 9.53 Å². The number of hydrogen-bond donors (Lipinski definition) is 1. The summed E-state index contributed by atoms with van der Waals surface area (Å²) in [7, 11) is 0. The van der Waals surface area contributed by atoms with Crippen molar-refractivity contribution in [2.45, 2.75) is 4.90 Å². The Balaban J connectivity index is 1.90. The number of anilines is 1. The summed E-state index contributed by atoms with van der Waals surface area (Å²) in [5.74, 6) is 0. The maximum absolute atomic E-state index is 10.6. The van der Waals surface area contributed by atoms with E-state index in [4.69, 9.17) is 16.3 Å². The smallest absolute Gasteiger partial charge is 0.318 e. The molecule has 0 aromatic heterocycles. The number of carbonyl (C=O) groups excluding carboxylic acids is 1. The fraction of sp³-hybridized carbons (Fsp3) is 0.364. The quantitative estimate of drug-likeness (QED) is 0.522. The highest BCUT2D eigenvalue weighted by molar-refractivity contribution is 7.97. The second-order valence-electron chi connectivity index (χ2n) is 3.56. The number of halogens is 1. The molecule has 6 heteroatoms. The lowest BCUT2D eigenvalue weighted by Crippen LogP contribution is -2.30. The average molecular weight is 273 g/mol. The van der Waals surface area contributed by atoms with Crippen LogP contribution in [0.3, 0.4) is 0 Å². The van der Waals surface area contributed by atoms with Gasteiger partial charge >= 0.3 is 5.37 Å². The van der Waals surface area contributed by atoms with Crippen LogP contribution in [0.1, 0.15) is 0 Å². The summed E-state index contributed by atoms with van der Waals surface area (Å²) < 4.78 is 7.55. The zero-order chi connectivity index (χ0) is 12.1. The van der Waals surface area contributed by atoms with Gasteiger partial charge in [0, 0.05) is 23.7 Å². The molecule has 0 atom stereocenters. The highest BCUT2D eigenvalue weighted by Gasteiger charge is 2.11. The summed E-state index contributed by atoms with van der Waals surface area (Å²) in [6, 6.07) is 7.59. The first kappa shape index (κ1) is 12.7. The topological polar surface area (TPSA) is 41.6 Å². The molecule has 0 bridgehead atoms. The molecular weight excluding hydrogens is 260 g/mol. The number of morpholine rings is 1. The molecule has 0 aliphatic carbocycles. The Morgan fingerprint density at radius 2 is 1.94 bits per heavy atom. The molecule has 17 heavy (non-hydrogen) atoms. The van der Waals surface area contributed by atoms with Crippen LogP contribution in [0.5, 0.6) is 0 Å². The molecule has 0 saturated carbocycles. The summed E-state index contributed by atoms with van der Waals surface area (Å²) in [5.41, 5.74) is 0.705. The standard InChI is InChI=1S/C11H13ClN2O2S/c12-11(15)13-9-1-3-10(4-2-9)17-14-5-7-16-8-6-14/h1-4H,5-8H2,(H,13,15). The minimum absolute atomic E-state index is 0.571. The van der Waals surface area contributed by atoms with E-state index in [2.05, 4.69) is 9.62 Å². The number of rotatable bonds is 3. The summed E-state index contributed by atoms with van der Waals surface area (Å²) >= 11 is 6.93. The lowest BCUT2D eigenvalue weighted by atomic mass is 10.3. The van der Waals surface area contributed by atoms with Crippen molar-refractivity contribution in [3.63, 3.8) is 0 Å². The summed E-state index contributed by atoms with van der Waals surface area (Å²) in [6.07, 6.45) is 0. The zero-order valence-electron chi connectivity index (χ0n) is 9.19. The number of carbonyl (C=O) groups is 1. The SMILES string of the molecule is O=C(Cl)Nc1ccc(SN2CCOCC2)cc1. The molecule has 2 rings (SSSR count). The minimum Gasteiger partial charge on any atom is -0.379 e. The van der Waals surface area contributed by atoms with Gasteiger partial charge in [0.15, 0.2) is 0 Å². The summed E-state index contributed by atoms with van der Waals surface area (Å²) in [6.45, 7) is 3.44. The van der Waals surface area contributed by atoms with E-state index in [0.29, 0.717) is 5.69 Å². The Labute approximate surface area is 109 Å². The second-order valence-corrected chi connectivity index (χ2v) is 5.07. The Morgan fingerprint density at radius 1 is 1.29 bits per heavy atom. The Morgan fingerprint density at radius 3 is 2.53 bits per heavy atom. The maximum Gasteiger partial charge on any atom is 0.318 e. The monoisotopic (exact) mass is 272 g/mol. The molecule has 1 fully saturated rings. The van der Waals surface area contributed by atoms with Gasteiger partial charge in [-0.15, -0.1) is 0 Å². The van der Waals surface area contributed by atoms with E-state index >= 15 is 0 Å². The Bertz CT molecular complexity index is 380. The van der Waals surface area contributed by atoms with Crippen LogP contribution in [0.25, 0.3) is 0 Å². The normalized spacial score (nSPS) is 16.8. The number of nitrogens with zero attached hydrogens (tertiary/aromatic N) is 1. The number of benzene rings is 1. The number of ether oxygens (including phenoxy) is 1. The zero-order valence-corrected chi connectivity index (χ0v) is 10.8.